The van der Waals surface area contributed by atoms with Crippen molar-refractivity contribution in [2.45, 2.75) is 13.5 Å². The fourth-order valence-corrected chi connectivity index (χ4v) is 2.65. The highest BCUT2D eigenvalue weighted by Gasteiger charge is 2.14. The number of benzene rings is 1. The minimum absolute atomic E-state index is 0.394. The molecular weight excluding hydrogens is 298 g/mol. The number of hydrogen-bond acceptors (Lipinski definition) is 6. The lowest BCUT2D eigenvalue weighted by molar-refractivity contribution is 0.344. The summed E-state index contributed by atoms with van der Waals surface area (Å²) in [4.78, 5) is 0. The Kier molecular flexibility index (Phi) is 4.92. The first-order valence-electron chi connectivity index (χ1n) is 6.10. The molecule has 0 amide bonds. The standard InChI is InChI=1S/C13H16ClN3O2S/c1-3-19-11-12(15)17-20-13(11)16-7-8-9(14)5-4-6-10(8)18-2/h4-6,16H,3,7H2,1-2H3,(H2,15,17). The van der Waals surface area contributed by atoms with Gasteiger partial charge in [0.15, 0.2) is 16.6 Å². The molecule has 3 N–H and O–H groups in total. The Labute approximate surface area is 126 Å². The van der Waals surface area contributed by atoms with Gasteiger partial charge in [-0.15, -0.1) is 0 Å². The van der Waals surface area contributed by atoms with Crippen LogP contribution in [-0.2, 0) is 6.54 Å². The SMILES string of the molecule is CCOc1c(N)nsc1NCc1c(Cl)cccc1OC. The third kappa shape index (κ3) is 3.08. The number of rotatable bonds is 6. The third-order valence-electron chi connectivity index (χ3n) is 2.68. The van der Waals surface area contributed by atoms with Gasteiger partial charge >= 0.3 is 0 Å². The van der Waals surface area contributed by atoms with Crippen LogP contribution in [0.5, 0.6) is 11.5 Å². The second-order valence-electron chi connectivity index (χ2n) is 3.93. The number of aromatic nitrogens is 1. The van der Waals surface area contributed by atoms with E-state index in [0.29, 0.717) is 29.7 Å². The molecule has 7 heteroatoms. The van der Waals surface area contributed by atoms with Gasteiger partial charge in [-0.2, -0.15) is 4.37 Å². The Balaban J connectivity index is 2.17. The molecule has 2 aromatic rings. The summed E-state index contributed by atoms with van der Waals surface area (Å²) in [5, 5.41) is 4.67. The fraction of sp³-hybridized carbons (Fsp3) is 0.308. The van der Waals surface area contributed by atoms with Crippen LogP contribution in [0.25, 0.3) is 0 Å². The Morgan fingerprint density at radius 1 is 1.45 bits per heavy atom. The normalized spacial score (nSPS) is 10.3. The Morgan fingerprint density at radius 3 is 2.95 bits per heavy atom. The average Bonchev–Trinajstić information content (AvgIpc) is 2.79. The average molecular weight is 314 g/mol. The molecule has 0 saturated carbocycles. The van der Waals surface area contributed by atoms with Crippen molar-refractivity contribution in [3.05, 3.63) is 28.8 Å². The van der Waals surface area contributed by atoms with Gasteiger partial charge in [-0.1, -0.05) is 17.7 Å². The van der Waals surface area contributed by atoms with Crippen molar-refractivity contribution < 1.29 is 9.47 Å². The first kappa shape index (κ1) is 14.7. The van der Waals surface area contributed by atoms with Crippen molar-refractivity contribution in [1.29, 1.82) is 0 Å². The molecule has 5 nitrogen and oxygen atoms in total. The van der Waals surface area contributed by atoms with E-state index in [-0.39, 0.29) is 0 Å². The zero-order chi connectivity index (χ0) is 14.5. The molecule has 1 aromatic heterocycles. The van der Waals surface area contributed by atoms with Crippen LogP contribution in [0.2, 0.25) is 5.02 Å². The number of nitrogens with one attached hydrogen (secondary N) is 1. The smallest absolute Gasteiger partial charge is 0.197 e. The summed E-state index contributed by atoms with van der Waals surface area (Å²) in [6.07, 6.45) is 0. The van der Waals surface area contributed by atoms with E-state index < -0.39 is 0 Å². The summed E-state index contributed by atoms with van der Waals surface area (Å²) >= 11 is 7.45. The quantitative estimate of drug-likeness (QED) is 0.855. The maximum absolute atomic E-state index is 6.19. The van der Waals surface area contributed by atoms with Crippen molar-refractivity contribution >= 4 is 34.0 Å². The number of halogens is 1. The number of nitrogens with two attached hydrogens (primary N) is 1. The fourth-order valence-electron chi connectivity index (χ4n) is 1.76. The molecule has 0 unspecified atom stereocenters. The van der Waals surface area contributed by atoms with Crippen LogP contribution in [0, 0.1) is 0 Å². The summed E-state index contributed by atoms with van der Waals surface area (Å²) in [5.74, 6) is 1.72. The van der Waals surface area contributed by atoms with Gasteiger partial charge in [0.25, 0.3) is 0 Å². The molecule has 0 atom stereocenters. The Morgan fingerprint density at radius 2 is 2.25 bits per heavy atom. The summed E-state index contributed by atoms with van der Waals surface area (Å²) in [7, 11) is 1.62. The molecule has 0 bridgehead atoms. The van der Waals surface area contributed by atoms with E-state index in [1.54, 1.807) is 7.11 Å². The lowest BCUT2D eigenvalue weighted by atomic mass is 10.2. The molecule has 1 heterocycles. The molecule has 20 heavy (non-hydrogen) atoms. The van der Waals surface area contributed by atoms with Crippen LogP contribution >= 0.6 is 23.1 Å². The molecule has 0 radical (unpaired) electrons. The van der Waals surface area contributed by atoms with E-state index >= 15 is 0 Å². The van der Waals surface area contributed by atoms with Crippen LogP contribution in [0.4, 0.5) is 10.8 Å². The topological polar surface area (TPSA) is 69.4 Å². The van der Waals surface area contributed by atoms with Gasteiger partial charge < -0.3 is 20.5 Å². The number of hydrogen-bond donors (Lipinski definition) is 2. The van der Waals surface area contributed by atoms with Crippen molar-refractivity contribution in [1.82, 2.24) is 4.37 Å². The number of methoxy groups -OCH3 is 1. The molecule has 0 spiro atoms. The molecule has 108 valence electrons. The van der Waals surface area contributed by atoms with Gasteiger partial charge in [0.2, 0.25) is 0 Å². The van der Waals surface area contributed by atoms with Gasteiger partial charge in [0.05, 0.1) is 13.7 Å². The Bertz CT molecular complexity index is 589. The van der Waals surface area contributed by atoms with Crippen LogP contribution < -0.4 is 20.5 Å². The van der Waals surface area contributed by atoms with Crippen molar-refractivity contribution in [2.75, 3.05) is 24.8 Å². The van der Waals surface area contributed by atoms with Gasteiger partial charge in [-0.25, -0.2) is 0 Å². The molecular formula is C13H16ClN3O2S. The monoisotopic (exact) mass is 313 g/mol. The van der Waals surface area contributed by atoms with Gasteiger partial charge in [-0.3, -0.25) is 0 Å². The summed E-state index contributed by atoms with van der Waals surface area (Å²) in [5.41, 5.74) is 6.65. The molecule has 0 aliphatic heterocycles. The molecule has 0 fully saturated rings. The summed E-state index contributed by atoms with van der Waals surface area (Å²) in [6, 6.07) is 5.54. The van der Waals surface area contributed by atoms with Crippen molar-refractivity contribution in [2.24, 2.45) is 0 Å². The van der Waals surface area contributed by atoms with Crippen LogP contribution in [0.15, 0.2) is 18.2 Å². The second kappa shape index (κ2) is 6.67. The summed E-state index contributed by atoms with van der Waals surface area (Å²) in [6.45, 7) is 2.94. The van der Waals surface area contributed by atoms with Gasteiger partial charge in [0, 0.05) is 17.1 Å². The van der Waals surface area contributed by atoms with E-state index in [2.05, 4.69) is 9.69 Å². The van der Waals surface area contributed by atoms with Crippen molar-refractivity contribution in [3.8, 4) is 11.5 Å². The molecule has 0 aliphatic rings. The minimum atomic E-state index is 0.394. The second-order valence-corrected chi connectivity index (χ2v) is 5.11. The largest absolute Gasteiger partial charge is 0.496 e. The molecule has 1 aromatic carbocycles. The molecule has 2 rings (SSSR count). The highest BCUT2D eigenvalue weighted by molar-refractivity contribution is 7.11. The zero-order valence-electron chi connectivity index (χ0n) is 11.3. The summed E-state index contributed by atoms with van der Waals surface area (Å²) < 4.78 is 14.9. The predicted octanol–water partition coefficient (Wildman–Crippen LogP) is 3.40. The lowest BCUT2D eigenvalue weighted by Gasteiger charge is -2.12. The van der Waals surface area contributed by atoms with E-state index in [4.69, 9.17) is 26.8 Å². The van der Waals surface area contributed by atoms with Crippen molar-refractivity contribution in [3.63, 3.8) is 0 Å². The third-order valence-corrected chi connectivity index (χ3v) is 3.84. The number of anilines is 2. The van der Waals surface area contributed by atoms with E-state index in [1.807, 2.05) is 25.1 Å². The van der Waals surface area contributed by atoms with E-state index in [1.165, 1.54) is 11.5 Å². The van der Waals surface area contributed by atoms with Crippen LogP contribution in [0.1, 0.15) is 12.5 Å². The molecule has 0 aliphatic carbocycles. The number of nitrogens with zero attached hydrogens (tertiary/aromatic N) is 1. The number of nitrogen functional groups attached to an aromatic ring is 1. The maximum atomic E-state index is 6.19. The minimum Gasteiger partial charge on any atom is -0.496 e. The highest BCUT2D eigenvalue weighted by atomic mass is 35.5. The van der Waals surface area contributed by atoms with Gasteiger partial charge in [0.1, 0.15) is 5.75 Å². The zero-order valence-corrected chi connectivity index (χ0v) is 12.8. The highest BCUT2D eigenvalue weighted by Crippen LogP contribution is 2.36. The first-order chi connectivity index (χ1) is 9.67. The van der Waals surface area contributed by atoms with Gasteiger partial charge in [-0.05, 0) is 30.6 Å². The lowest BCUT2D eigenvalue weighted by Crippen LogP contribution is -2.03. The maximum Gasteiger partial charge on any atom is 0.197 e. The predicted molar refractivity (Wildman–Crippen MR) is 83.0 cm³/mol. The van der Waals surface area contributed by atoms with Crippen LogP contribution in [0.3, 0.4) is 0 Å². The Hall–Kier alpha value is -1.66. The van der Waals surface area contributed by atoms with E-state index in [0.717, 1.165) is 16.3 Å². The van der Waals surface area contributed by atoms with E-state index in [9.17, 15) is 0 Å². The first-order valence-corrected chi connectivity index (χ1v) is 7.25. The molecule has 0 saturated heterocycles. The van der Waals surface area contributed by atoms with Crippen LogP contribution in [-0.4, -0.2) is 18.1 Å². The number of ether oxygens (including phenoxy) is 2.